The zero-order valence-electron chi connectivity index (χ0n) is 8.32. The van der Waals surface area contributed by atoms with Crippen molar-refractivity contribution in [2.75, 3.05) is 13.2 Å². The van der Waals surface area contributed by atoms with Crippen LogP contribution in [-0.2, 0) is 9.53 Å². The molecule has 0 aromatic rings. The summed E-state index contributed by atoms with van der Waals surface area (Å²) in [6.07, 6.45) is 2.20. The van der Waals surface area contributed by atoms with Crippen LogP contribution in [0.2, 0.25) is 0 Å². The minimum Gasteiger partial charge on any atom is -0.481 e. The van der Waals surface area contributed by atoms with Crippen molar-refractivity contribution < 1.29 is 14.6 Å². The molecule has 0 bridgehead atoms. The normalized spacial score (nSPS) is 31.7. The van der Waals surface area contributed by atoms with Gasteiger partial charge in [0.25, 0.3) is 0 Å². The Balaban J connectivity index is 2.08. The summed E-state index contributed by atoms with van der Waals surface area (Å²) >= 11 is 0. The minimum atomic E-state index is -0.670. The van der Waals surface area contributed by atoms with E-state index in [0.29, 0.717) is 12.5 Å². The monoisotopic (exact) mass is 186 g/mol. The summed E-state index contributed by atoms with van der Waals surface area (Å²) < 4.78 is 5.39. The summed E-state index contributed by atoms with van der Waals surface area (Å²) in [7, 11) is 0. The van der Waals surface area contributed by atoms with Crippen molar-refractivity contribution in [1.82, 2.24) is 0 Å². The molecule has 1 aliphatic rings. The van der Waals surface area contributed by atoms with E-state index in [2.05, 4.69) is 6.92 Å². The minimum absolute atomic E-state index is 0.151. The number of aliphatic carboxylic acids is 1. The molecule has 1 N–H and O–H groups in total. The van der Waals surface area contributed by atoms with Gasteiger partial charge in [-0.05, 0) is 18.3 Å². The number of rotatable bonds is 6. The summed E-state index contributed by atoms with van der Waals surface area (Å²) in [6, 6.07) is 0. The molecule has 0 aliphatic heterocycles. The third-order valence-corrected chi connectivity index (χ3v) is 2.80. The van der Waals surface area contributed by atoms with Gasteiger partial charge in [0.2, 0.25) is 0 Å². The molecule has 3 atom stereocenters. The third-order valence-electron chi connectivity index (χ3n) is 2.80. The second kappa shape index (κ2) is 4.61. The van der Waals surface area contributed by atoms with Crippen LogP contribution in [0.15, 0.2) is 0 Å². The Labute approximate surface area is 79.1 Å². The van der Waals surface area contributed by atoms with Crippen molar-refractivity contribution in [3.05, 3.63) is 0 Å². The number of ether oxygens (including phenoxy) is 1. The Morgan fingerprint density at radius 3 is 2.69 bits per heavy atom. The van der Waals surface area contributed by atoms with Gasteiger partial charge in [0.1, 0.15) is 0 Å². The van der Waals surface area contributed by atoms with Gasteiger partial charge in [0, 0.05) is 6.61 Å². The molecule has 1 fully saturated rings. The van der Waals surface area contributed by atoms with Gasteiger partial charge in [0.15, 0.2) is 0 Å². The summed E-state index contributed by atoms with van der Waals surface area (Å²) in [4.78, 5) is 10.6. The van der Waals surface area contributed by atoms with Crippen LogP contribution in [0.1, 0.15) is 26.7 Å². The maximum Gasteiger partial charge on any atom is 0.307 e. The van der Waals surface area contributed by atoms with Crippen molar-refractivity contribution in [1.29, 1.82) is 0 Å². The van der Waals surface area contributed by atoms with Crippen molar-refractivity contribution in [2.24, 2.45) is 17.8 Å². The molecule has 3 nitrogen and oxygen atoms in total. The standard InChI is InChI=1S/C10H18O3/c1-3-4-5-13-6-8-7(2)9(8)10(11)12/h7-9H,3-6H2,1-2H3,(H,11,12)/t7?,8-,9-/m0/s1. The fraction of sp³-hybridized carbons (Fsp3) is 0.900. The van der Waals surface area contributed by atoms with E-state index in [1.165, 1.54) is 0 Å². The third kappa shape index (κ3) is 2.69. The molecule has 13 heavy (non-hydrogen) atoms. The van der Waals surface area contributed by atoms with Crippen molar-refractivity contribution in [2.45, 2.75) is 26.7 Å². The summed E-state index contributed by atoms with van der Waals surface area (Å²) in [5.41, 5.74) is 0. The molecule has 0 heterocycles. The molecule has 1 rings (SSSR count). The first-order chi connectivity index (χ1) is 6.18. The van der Waals surface area contributed by atoms with Crippen molar-refractivity contribution >= 4 is 5.97 Å². The molecular formula is C10H18O3. The molecule has 0 radical (unpaired) electrons. The van der Waals surface area contributed by atoms with Crippen LogP contribution in [0.4, 0.5) is 0 Å². The lowest BCUT2D eigenvalue weighted by Gasteiger charge is -2.00. The Hall–Kier alpha value is -0.570. The van der Waals surface area contributed by atoms with Gasteiger partial charge in [-0.1, -0.05) is 20.3 Å². The summed E-state index contributed by atoms with van der Waals surface area (Å²) in [6.45, 7) is 5.49. The second-order valence-electron chi connectivity index (χ2n) is 3.82. The molecular weight excluding hydrogens is 168 g/mol. The highest BCUT2D eigenvalue weighted by atomic mass is 16.5. The number of hydrogen-bond donors (Lipinski definition) is 1. The van der Waals surface area contributed by atoms with Gasteiger partial charge in [-0.3, -0.25) is 4.79 Å². The number of carboxylic acids is 1. The lowest BCUT2D eigenvalue weighted by molar-refractivity contribution is -0.139. The average Bonchev–Trinajstić information content (AvgIpc) is 2.71. The van der Waals surface area contributed by atoms with Crippen LogP contribution in [0.3, 0.4) is 0 Å². The zero-order chi connectivity index (χ0) is 9.84. The maximum atomic E-state index is 10.6. The van der Waals surface area contributed by atoms with E-state index in [9.17, 15) is 4.79 Å². The Kier molecular flexibility index (Phi) is 3.72. The number of carboxylic acid groups (broad SMARTS) is 1. The summed E-state index contributed by atoms with van der Waals surface area (Å²) in [5, 5.41) is 8.74. The van der Waals surface area contributed by atoms with Crippen LogP contribution in [-0.4, -0.2) is 24.3 Å². The second-order valence-corrected chi connectivity index (χ2v) is 3.82. The molecule has 3 heteroatoms. The fourth-order valence-corrected chi connectivity index (χ4v) is 1.67. The predicted octanol–water partition coefficient (Wildman–Crippen LogP) is 1.77. The molecule has 0 aromatic heterocycles. The average molecular weight is 186 g/mol. The number of hydrogen-bond acceptors (Lipinski definition) is 2. The van der Waals surface area contributed by atoms with Crippen molar-refractivity contribution in [3.8, 4) is 0 Å². The lowest BCUT2D eigenvalue weighted by atomic mass is 10.3. The van der Waals surface area contributed by atoms with Crippen LogP contribution >= 0.6 is 0 Å². The SMILES string of the molecule is CCCCOC[C@H]1C(C)[C@@H]1C(=O)O. The first-order valence-corrected chi connectivity index (χ1v) is 4.99. The highest BCUT2D eigenvalue weighted by molar-refractivity contribution is 5.74. The quantitative estimate of drug-likeness (QED) is 0.643. The van der Waals surface area contributed by atoms with E-state index in [-0.39, 0.29) is 11.8 Å². The smallest absolute Gasteiger partial charge is 0.307 e. The van der Waals surface area contributed by atoms with Gasteiger partial charge in [-0.2, -0.15) is 0 Å². The Morgan fingerprint density at radius 2 is 2.23 bits per heavy atom. The maximum absolute atomic E-state index is 10.6. The van der Waals surface area contributed by atoms with Gasteiger partial charge >= 0.3 is 5.97 Å². The zero-order valence-corrected chi connectivity index (χ0v) is 8.32. The van der Waals surface area contributed by atoms with E-state index in [0.717, 1.165) is 19.4 Å². The highest BCUT2D eigenvalue weighted by Crippen LogP contribution is 2.46. The van der Waals surface area contributed by atoms with Crippen LogP contribution in [0.5, 0.6) is 0 Å². The first-order valence-electron chi connectivity index (χ1n) is 4.99. The predicted molar refractivity (Wildman–Crippen MR) is 49.5 cm³/mol. The lowest BCUT2D eigenvalue weighted by Crippen LogP contribution is -2.05. The Bertz CT molecular complexity index is 179. The van der Waals surface area contributed by atoms with E-state index < -0.39 is 5.97 Å². The fourth-order valence-electron chi connectivity index (χ4n) is 1.67. The van der Waals surface area contributed by atoms with Crippen LogP contribution in [0.25, 0.3) is 0 Å². The van der Waals surface area contributed by atoms with Gasteiger partial charge in [-0.25, -0.2) is 0 Å². The van der Waals surface area contributed by atoms with Gasteiger partial charge in [-0.15, -0.1) is 0 Å². The number of carbonyl (C=O) groups is 1. The van der Waals surface area contributed by atoms with Crippen LogP contribution in [0, 0.1) is 17.8 Å². The molecule has 1 aliphatic carbocycles. The van der Waals surface area contributed by atoms with E-state index in [1.54, 1.807) is 0 Å². The molecule has 76 valence electrons. The van der Waals surface area contributed by atoms with Crippen molar-refractivity contribution in [3.63, 3.8) is 0 Å². The van der Waals surface area contributed by atoms with E-state index in [1.807, 2.05) is 6.92 Å². The molecule has 0 amide bonds. The first kappa shape index (κ1) is 10.5. The molecule has 0 saturated heterocycles. The Morgan fingerprint density at radius 1 is 1.54 bits per heavy atom. The van der Waals surface area contributed by atoms with Gasteiger partial charge in [0.05, 0.1) is 12.5 Å². The molecule has 0 aromatic carbocycles. The number of unbranched alkanes of at least 4 members (excludes halogenated alkanes) is 1. The molecule has 1 saturated carbocycles. The highest BCUT2D eigenvalue weighted by Gasteiger charge is 2.51. The topological polar surface area (TPSA) is 46.5 Å². The van der Waals surface area contributed by atoms with Crippen LogP contribution < -0.4 is 0 Å². The van der Waals surface area contributed by atoms with Gasteiger partial charge < -0.3 is 9.84 Å². The summed E-state index contributed by atoms with van der Waals surface area (Å²) in [5.74, 6) is -0.258. The molecule has 0 spiro atoms. The molecule has 1 unspecified atom stereocenters. The van der Waals surface area contributed by atoms with E-state index in [4.69, 9.17) is 9.84 Å². The largest absolute Gasteiger partial charge is 0.481 e. The van der Waals surface area contributed by atoms with E-state index >= 15 is 0 Å².